The fourth-order valence-electron chi connectivity index (χ4n) is 2.19. The quantitative estimate of drug-likeness (QED) is 0.645. The molecule has 7 nitrogen and oxygen atoms in total. The largest absolute Gasteiger partial charge is 0.497 e. The molecule has 7 heteroatoms. The lowest BCUT2D eigenvalue weighted by atomic mass is 10.1. The first-order valence-corrected chi connectivity index (χ1v) is 7.59. The molecule has 2 N–H and O–H groups in total. The van der Waals surface area contributed by atoms with Crippen LogP contribution in [0, 0.1) is 0 Å². The smallest absolute Gasteiger partial charge is 0.219 e. The highest BCUT2D eigenvalue weighted by Crippen LogP contribution is 2.27. The summed E-state index contributed by atoms with van der Waals surface area (Å²) in [6.07, 6.45) is 2.18. The Bertz CT molecular complexity index is 773. The normalized spacial score (nSPS) is 10.6. The average Bonchev–Trinajstić information content (AvgIpc) is 3.17. The van der Waals surface area contributed by atoms with Gasteiger partial charge in [-0.2, -0.15) is 0 Å². The Morgan fingerprint density at radius 3 is 2.67 bits per heavy atom. The monoisotopic (exact) mass is 326 g/mol. The maximum absolute atomic E-state index is 8.98. The van der Waals surface area contributed by atoms with Gasteiger partial charge >= 0.3 is 0 Å². The minimum atomic E-state index is 0.106. The van der Waals surface area contributed by atoms with Crippen molar-refractivity contribution in [3.05, 3.63) is 42.7 Å². The minimum absolute atomic E-state index is 0.106. The molecule has 2 aromatic heterocycles. The molecule has 0 unspecified atom stereocenters. The maximum atomic E-state index is 8.98. The third-order valence-electron chi connectivity index (χ3n) is 3.42. The number of methoxy groups -OCH3 is 1. The molecule has 3 rings (SSSR count). The summed E-state index contributed by atoms with van der Waals surface area (Å²) in [5.41, 5.74) is 1.50. The van der Waals surface area contributed by atoms with Gasteiger partial charge < -0.3 is 19.6 Å². The van der Waals surface area contributed by atoms with Crippen LogP contribution in [-0.2, 0) is 0 Å². The summed E-state index contributed by atoms with van der Waals surface area (Å²) >= 11 is 0. The summed E-state index contributed by atoms with van der Waals surface area (Å²) in [4.78, 5) is 4.51. The molecule has 0 fully saturated rings. The Kier molecular flexibility index (Phi) is 5.02. The zero-order chi connectivity index (χ0) is 16.8. The number of aliphatic hydroxyl groups is 1. The Labute approximate surface area is 139 Å². The van der Waals surface area contributed by atoms with Gasteiger partial charge in [-0.25, -0.2) is 4.98 Å². The number of hydrogen-bond donors (Lipinski definition) is 2. The number of hydrogen-bond acceptors (Lipinski definition) is 7. The molecule has 0 bridgehead atoms. The summed E-state index contributed by atoms with van der Waals surface area (Å²) in [7, 11) is 1.62. The SMILES string of the molecule is COc1ccc(-c2nnc(-c3ccco3)nc2NCCCO)cc1. The first-order valence-electron chi connectivity index (χ1n) is 7.59. The molecular formula is C17H18N4O3. The third kappa shape index (κ3) is 3.52. The molecule has 0 saturated carbocycles. The van der Waals surface area contributed by atoms with Crippen LogP contribution in [0.4, 0.5) is 5.82 Å². The van der Waals surface area contributed by atoms with Crippen LogP contribution in [0.1, 0.15) is 6.42 Å². The van der Waals surface area contributed by atoms with Crippen molar-refractivity contribution in [2.24, 2.45) is 0 Å². The Hall–Kier alpha value is -2.93. The van der Waals surface area contributed by atoms with Crippen LogP contribution in [0.15, 0.2) is 47.1 Å². The van der Waals surface area contributed by atoms with E-state index in [0.29, 0.717) is 36.1 Å². The van der Waals surface area contributed by atoms with Crippen LogP contribution in [0.2, 0.25) is 0 Å². The standard InChI is InChI=1S/C17H18N4O3/c1-23-13-7-5-12(6-8-13)15-17(18-9-3-10-22)19-16(21-20-15)14-4-2-11-24-14/h2,4-8,11,22H,3,9-10H2,1H3,(H,18,19,21). The molecule has 1 aromatic carbocycles. The number of nitrogens with one attached hydrogen (secondary N) is 1. The third-order valence-corrected chi connectivity index (χ3v) is 3.42. The van der Waals surface area contributed by atoms with Crippen molar-refractivity contribution in [2.45, 2.75) is 6.42 Å². The van der Waals surface area contributed by atoms with Crippen molar-refractivity contribution >= 4 is 5.82 Å². The van der Waals surface area contributed by atoms with E-state index in [9.17, 15) is 0 Å². The molecule has 0 spiro atoms. The number of nitrogens with zero attached hydrogens (tertiary/aromatic N) is 3. The van der Waals surface area contributed by atoms with Crippen LogP contribution in [0.25, 0.3) is 22.8 Å². The number of aromatic nitrogens is 3. The van der Waals surface area contributed by atoms with Gasteiger partial charge in [-0.05, 0) is 42.8 Å². The van der Waals surface area contributed by atoms with Crippen molar-refractivity contribution in [3.63, 3.8) is 0 Å². The van der Waals surface area contributed by atoms with Gasteiger partial charge in [0.15, 0.2) is 11.6 Å². The van der Waals surface area contributed by atoms with Gasteiger partial charge in [0.05, 0.1) is 13.4 Å². The van der Waals surface area contributed by atoms with E-state index in [4.69, 9.17) is 14.3 Å². The van der Waals surface area contributed by atoms with E-state index in [-0.39, 0.29) is 6.61 Å². The summed E-state index contributed by atoms with van der Waals surface area (Å²) in [6, 6.07) is 11.1. The summed E-state index contributed by atoms with van der Waals surface area (Å²) in [6.45, 7) is 0.685. The highest BCUT2D eigenvalue weighted by atomic mass is 16.5. The topological polar surface area (TPSA) is 93.3 Å². The molecule has 0 aliphatic rings. The van der Waals surface area contributed by atoms with E-state index < -0.39 is 0 Å². The first kappa shape index (κ1) is 15.9. The molecule has 0 radical (unpaired) electrons. The van der Waals surface area contributed by atoms with Crippen molar-refractivity contribution in [1.82, 2.24) is 15.2 Å². The van der Waals surface area contributed by atoms with Gasteiger partial charge in [-0.3, -0.25) is 0 Å². The van der Waals surface area contributed by atoms with Gasteiger partial charge in [0.2, 0.25) is 5.82 Å². The molecule has 0 atom stereocenters. The van der Waals surface area contributed by atoms with Crippen molar-refractivity contribution in [2.75, 3.05) is 25.6 Å². The van der Waals surface area contributed by atoms with Crippen molar-refractivity contribution in [3.8, 4) is 28.6 Å². The summed E-state index contributed by atoms with van der Waals surface area (Å²) in [5.74, 6) is 2.31. The second-order valence-corrected chi connectivity index (χ2v) is 5.04. The van der Waals surface area contributed by atoms with Crippen LogP contribution in [0.3, 0.4) is 0 Å². The van der Waals surface area contributed by atoms with Crippen molar-refractivity contribution in [1.29, 1.82) is 0 Å². The highest BCUT2D eigenvalue weighted by molar-refractivity contribution is 5.72. The van der Waals surface area contributed by atoms with E-state index in [1.54, 1.807) is 25.5 Å². The summed E-state index contributed by atoms with van der Waals surface area (Å²) in [5, 5.41) is 20.6. The van der Waals surface area contributed by atoms with E-state index in [0.717, 1.165) is 11.3 Å². The van der Waals surface area contributed by atoms with Gasteiger partial charge in [0.25, 0.3) is 0 Å². The van der Waals surface area contributed by atoms with Gasteiger partial charge in [0, 0.05) is 18.7 Å². The number of anilines is 1. The number of rotatable bonds is 7. The minimum Gasteiger partial charge on any atom is -0.497 e. The molecule has 0 amide bonds. The Morgan fingerprint density at radius 2 is 2.00 bits per heavy atom. The van der Waals surface area contributed by atoms with E-state index >= 15 is 0 Å². The molecule has 124 valence electrons. The second-order valence-electron chi connectivity index (χ2n) is 5.04. The number of ether oxygens (including phenoxy) is 1. The Morgan fingerprint density at radius 1 is 1.17 bits per heavy atom. The fourth-order valence-corrected chi connectivity index (χ4v) is 2.19. The van der Waals surface area contributed by atoms with Crippen LogP contribution < -0.4 is 10.1 Å². The molecule has 0 saturated heterocycles. The second kappa shape index (κ2) is 7.56. The van der Waals surface area contributed by atoms with Crippen LogP contribution in [-0.4, -0.2) is 40.5 Å². The predicted molar refractivity (Wildman–Crippen MR) is 89.7 cm³/mol. The molecule has 0 aliphatic heterocycles. The molecule has 24 heavy (non-hydrogen) atoms. The van der Waals surface area contributed by atoms with Gasteiger partial charge in [-0.1, -0.05) is 0 Å². The fraction of sp³-hybridized carbons (Fsp3) is 0.235. The summed E-state index contributed by atoms with van der Waals surface area (Å²) < 4.78 is 10.5. The zero-order valence-corrected chi connectivity index (χ0v) is 13.3. The highest BCUT2D eigenvalue weighted by Gasteiger charge is 2.14. The predicted octanol–water partition coefficient (Wildman–Crippen LogP) is 2.60. The number of furan rings is 1. The Balaban J connectivity index is 1.96. The van der Waals surface area contributed by atoms with Crippen LogP contribution >= 0.6 is 0 Å². The van der Waals surface area contributed by atoms with Crippen molar-refractivity contribution < 1.29 is 14.3 Å². The molecular weight excluding hydrogens is 308 g/mol. The molecule has 3 aromatic rings. The van der Waals surface area contributed by atoms with E-state index in [2.05, 4.69) is 20.5 Å². The van der Waals surface area contributed by atoms with E-state index in [1.165, 1.54) is 0 Å². The molecule has 0 aliphatic carbocycles. The van der Waals surface area contributed by atoms with E-state index in [1.807, 2.05) is 24.3 Å². The number of aliphatic hydroxyl groups excluding tert-OH is 1. The zero-order valence-electron chi connectivity index (χ0n) is 13.3. The average molecular weight is 326 g/mol. The lowest BCUT2D eigenvalue weighted by molar-refractivity contribution is 0.292. The lowest BCUT2D eigenvalue weighted by Gasteiger charge is -2.10. The molecule has 2 heterocycles. The van der Waals surface area contributed by atoms with Crippen LogP contribution in [0.5, 0.6) is 5.75 Å². The van der Waals surface area contributed by atoms with Gasteiger partial charge in [0.1, 0.15) is 11.4 Å². The maximum Gasteiger partial charge on any atom is 0.219 e. The first-order chi connectivity index (χ1) is 11.8. The lowest BCUT2D eigenvalue weighted by Crippen LogP contribution is -2.09. The number of benzene rings is 1. The van der Waals surface area contributed by atoms with Gasteiger partial charge in [-0.15, -0.1) is 10.2 Å².